The molecule has 1 saturated carbocycles. The summed E-state index contributed by atoms with van der Waals surface area (Å²) < 4.78 is 37.7. The van der Waals surface area contributed by atoms with Crippen LogP contribution in [0.3, 0.4) is 0 Å². The molecule has 2 N–H and O–H groups in total. The maximum Gasteiger partial charge on any atom is 0.405 e. The fraction of sp³-hybridized carbons (Fsp3) is 0.571. The lowest BCUT2D eigenvalue weighted by Gasteiger charge is -2.26. The third-order valence-corrected chi connectivity index (χ3v) is 3.43. The number of anilines is 1. The van der Waals surface area contributed by atoms with Crippen LogP contribution in [-0.4, -0.2) is 18.8 Å². The number of rotatable bonds is 5. The van der Waals surface area contributed by atoms with E-state index in [4.69, 9.17) is 5.73 Å². The molecule has 0 aliphatic heterocycles. The lowest BCUT2D eigenvalue weighted by molar-refractivity contribution is -0.120. The van der Waals surface area contributed by atoms with Crippen LogP contribution in [0.1, 0.15) is 37.8 Å². The molecule has 5 heteroatoms. The van der Waals surface area contributed by atoms with Crippen LogP contribution in [0, 0.1) is 0 Å². The number of nitrogens with zero attached hydrogens (tertiary/aromatic N) is 1. The fourth-order valence-corrected chi connectivity index (χ4v) is 2.16. The van der Waals surface area contributed by atoms with Crippen molar-refractivity contribution in [1.82, 2.24) is 0 Å². The number of hydrogen-bond acceptors (Lipinski definition) is 2. The first-order chi connectivity index (χ1) is 8.90. The molecule has 106 valence electrons. The van der Waals surface area contributed by atoms with Crippen molar-refractivity contribution in [3.8, 4) is 0 Å². The summed E-state index contributed by atoms with van der Waals surface area (Å²) in [6.07, 6.45) is -1.67. The maximum atomic E-state index is 12.6. The van der Waals surface area contributed by atoms with E-state index in [9.17, 15) is 13.2 Å². The van der Waals surface area contributed by atoms with E-state index in [0.717, 1.165) is 24.8 Å². The summed E-state index contributed by atoms with van der Waals surface area (Å²) in [5.41, 5.74) is 7.50. The van der Waals surface area contributed by atoms with E-state index in [1.807, 2.05) is 19.1 Å². The van der Waals surface area contributed by atoms with Gasteiger partial charge in [-0.3, -0.25) is 0 Å². The van der Waals surface area contributed by atoms with Crippen molar-refractivity contribution in [3.05, 3.63) is 29.8 Å². The Balaban J connectivity index is 2.13. The van der Waals surface area contributed by atoms with Crippen LogP contribution in [0.15, 0.2) is 24.3 Å². The highest BCUT2D eigenvalue weighted by Crippen LogP contribution is 2.34. The number of hydrogen-bond donors (Lipinski definition) is 1. The van der Waals surface area contributed by atoms with Gasteiger partial charge in [-0.15, -0.1) is 0 Å². The van der Waals surface area contributed by atoms with Gasteiger partial charge in [-0.05, 0) is 37.0 Å². The van der Waals surface area contributed by atoms with Crippen molar-refractivity contribution in [3.63, 3.8) is 0 Å². The Bertz CT molecular complexity index is 410. The highest BCUT2D eigenvalue weighted by atomic mass is 19.4. The number of alkyl halides is 3. The summed E-state index contributed by atoms with van der Waals surface area (Å²) >= 11 is 0. The van der Waals surface area contributed by atoms with Crippen molar-refractivity contribution in [2.45, 2.75) is 44.4 Å². The molecule has 0 amide bonds. The molecular formula is C14H19F3N2. The standard InChI is InChI=1S/C14H19F3N2/c1-2-13(18)10-3-5-11(6-4-10)19(12-7-8-12)9-14(15,16)17/h3-6,12-13H,2,7-9,18H2,1H3/t13-/m1/s1. The summed E-state index contributed by atoms with van der Waals surface area (Å²) in [5, 5.41) is 0. The molecular weight excluding hydrogens is 253 g/mol. The van der Waals surface area contributed by atoms with Gasteiger partial charge in [0.25, 0.3) is 0 Å². The minimum absolute atomic E-state index is 0.0346. The molecule has 2 rings (SSSR count). The summed E-state index contributed by atoms with van der Waals surface area (Å²) in [5.74, 6) is 0. The van der Waals surface area contributed by atoms with Gasteiger partial charge >= 0.3 is 6.18 Å². The van der Waals surface area contributed by atoms with Gasteiger partial charge in [0.05, 0.1) is 0 Å². The molecule has 19 heavy (non-hydrogen) atoms. The van der Waals surface area contributed by atoms with Crippen molar-refractivity contribution < 1.29 is 13.2 Å². The second-order valence-electron chi connectivity index (χ2n) is 5.08. The van der Waals surface area contributed by atoms with E-state index in [-0.39, 0.29) is 12.1 Å². The van der Waals surface area contributed by atoms with Crippen molar-refractivity contribution >= 4 is 5.69 Å². The lowest BCUT2D eigenvalue weighted by atomic mass is 10.1. The van der Waals surface area contributed by atoms with Gasteiger partial charge < -0.3 is 10.6 Å². The summed E-state index contributed by atoms with van der Waals surface area (Å²) in [6.45, 7) is 1.11. The first-order valence-corrected chi connectivity index (χ1v) is 6.59. The first kappa shape index (κ1) is 14.2. The molecule has 0 unspecified atom stereocenters. The minimum Gasteiger partial charge on any atom is -0.360 e. The van der Waals surface area contributed by atoms with Crippen molar-refractivity contribution in [1.29, 1.82) is 0 Å². The van der Waals surface area contributed by atoms with Crippen LogP contribution in [0.4, 0.5) is 18.9 Å². The third kappa shape index (κ3) is 3.86. The highest BCUT2D eigenvalue weighted by molar-refractivity contribution is 5.50. The fourth-order valence-electron chi connectivity index (χ4n) is 2.16. The quantitative estimate of drug-likeness (QED) is 0.887. The van der Waals surface area contributed by atoms with Gasteiger partial charge in [-0.2, -0.15) is 13.2 Å². The van der Waals surface area contributed by atoms with E-state index in [2.05, 4.69) is 0 Å². The van der Waals surface area contributed by atoms with Crippen LogP contribution < -0.4 is 10.6 Å². The number of halogens is 3. The summed E-state index contributed by atoms with van der Waals surface area (Å²) in [6, 6.07) is 7.13. The Labute approximate surface area is 111 Å². The average Bonchev–Trinajstić information content (AvgIpc) is 3.18. The topological polar surface area (TPSA) is 29.3 Å². The zero-order chi connectivity index (χ0) is 14.0. The monoisotopic (exact) mass is 272 g/mol. The van der Waals surface area contributed by atoms with Crippen LogP contribution in [0.5, 0.6) is 0 Å². The van der Waals surface area contributed by atoms with Gasteiger partial charge in [0.1, 0.15) is 6.54 Å². The largest absolute Gasteiger partial charge is 0.405 e. The molecule has 1 aliphatic carbocycles. The Morgan fingerprint density at radius 1 is 1.26 bits per heavy atom. The van der Waals surface area contributed by atoms with E-state index >= 15 is 0 Å². The van der Waals surface area contributed by atoms with E-state index in [0.29, 0.717) is 5.69 Å². The smallest absolute Gasteiger partial charge is 0.360 e. The van der Waals surface area contributed by atoms with Crippen LogP contribution >= 0.6 is 0 Å². The lowest BCUT2D eigenvalue weighted by Crippen LogP contribution is -2.35. The Kier molecular flexibility index (Phi) is 4.04. The van der Waals surface area contributed by atoms with Gasteiger partial charge in [0.2, 0.25) is 0 Å². The van der Waals surface area contributed by atoms with E-state index in [1.54, 1.807) is 12.1 Å². The SMILES string of the molecule is CC[C@@H](N)c1ccc(N(CC(F)(F)F)C2CC2)cc1. The Morgan fingerprint density at radius 3 is 2.26 bits per heavy atom. The van der Waals surface area contributed by atoms with Crippen molar-refractivity contribution in [2.75, 3.05) is 11.4 Å². The normalized spacial score (nSPS) is 17.3. The summed E-state index contributed by atoms with van der Waals surface area (Å²) in [7, 11) is 0. The molecule has 2 nitrogen and oxygen atoms in total. The predicted octanol–water partition coefficient (Wildman–Crippen LogP) is 3.63. The van der Waals surface area contributed by atoms with Crippen LogP contribution in [0.2, 0.25) is 0 Å². The molecule has 1 fully saturated rings. The highest BCUT2D eigenvalue weighted by Gasteiger charge is 2.38. The third-order valence-electron chi connectivity index (χ3n) is 3.43. The second-order valence-corrected chi connectivity index (χ2v) is 5.08. The zero-order valence-electron chi connectivity index (χ0n) is 11.0. The molecule has 0 radical (unpaired) electrons. The minimum atomic E-state index is -4.17. The molecule has 1 aromatic carbocycles. The molecule has 0 aromatic heterocycles. The van der Waals surface area contributed by atoms with Crippen LogP contribution in [-0.2, 0) is 0 Å². The first-order valence-electron chi connectivity index (χ1n) is 6.59. The molecule has 0 heterocycles. The molecule has 1 atom stereocenters. The predicted molar refractivity (Wildman–Crippen MR) is 70.1 cm³/mol. The maximum absolute atomic E-state index is 12.6. The molecule has 0 spiro atoms. The molecule has 0 saturated heterocycles. The van der Waals surface area contributed by atoms with Crippen molar-refractivity contribution in [2.24, 2.45) is 5.73 Å². The molecule has 1 aliphatic rings. The molecule has 0 bridgehead atoms. The molecule has 1 aromatic rings. The van der Waals surface area contributed by atoms with Crippen LogP contribution in [0.25, 0.3) is 0 Å². The second kappa shape index (κ2) is 5.41. The average molecular weight is 272 g/mol. The van der Waals surface area contributed by atoms with E-state index < -0.39 is 12.7 Å². The van der Waals surface area contributed by atoms with Gasteiger partial charge in [-0.25, -0.2) is 0 Å². The zero-order valence-corrected chi connectivity index (χ0v) is 11.0. The van der Waals surface area contributed by atoms with Gasteiger partial charge in [0.15, 0.2) is 0 Å². The number of benzene rings is 1. The van der Waals surface area contributed by atoms with Gasteiger partial charge in [-0.1, -0.05) is 19.1 Å². The Hall–Kier alpha value is -1.23. The van der Waals surface area contributed by atoms with E-state index in [1.165, 1.54) is 4.90 Å². The summed E-state index contributed by atoms with van der Waals surface area (Å²) in [4.78, 5) is 1.45. The number of nitrogens with two attached hydrogens (primary N) is 1. The van der Waals surface area contributed by atoms with Gasteiger partial charge in [0, 0.05) is 17.8 Å². The Morgan fingerprint density at radius 2 is 1.84 bits per heavy atom.